The summed E-state index contributed by atoms with van der Waals surface area (Å²) in [6.45, 7) is 2.85. The van der Waals surface area contributed by atoms with E-state index in [4.69, 9.17) is 9.47 Å². The number of nitrogens with zero attached hydrogens (tertiary/aromatic N) is 2. The number of methoxy groups -OCH3 is 1. The van der Waals surface area contributed by atoms with Crippen molar-refractivity contribution in [1.29, 1.82) is 0 Å². The van der Waals surface area contributed by atoms with Crippen LogP contribution in [0.25, 0.3) is 0 Å². The van der Waals surface area contributed by atoms with E-state index in [-0.39, 0.29) is 18.2 Å². The number of nitrogens with one attached hydrogen (secondary N) is 1. The number of pyridine rings is 1. The largest absolute Gasteiger partial charge is 0.493 e. The fraction of sp³-hybridized carbons (Fsp3) is 0.240. The van der Waals surface area contributed by atoms with Gasteiger partial charge in [-0.05, 0) is 48.4 Å². The van der Waals surface area contributed by atoms with E-state index in [0.717, 1.165) is 11.1 Å². The number of carbonyl (C=O) groups excluding carboxylic acids is 2. The minimum absolute atomic E-state index is 0.0890. The molecular formula is C25H25N3O4. The van der Waals surface area contributed by atoms with Crippen molar-refractivity contribution >= 4 is 17.5 Å². The monoisotopic (exact) mass is 431 g/mol. The number of hydrogen-bond acceptors (Lipinski definition) is 5. The predicted molar refractivity (Wildman–Crippen MR) is 121 cm³/mol. The molecule has 0 radical (unpaired) electrons. The highest BCUT2D eigenvalue weighted by molar-refractivity contribution is 5.99. The Kier molecular flexibility index (Phi) is 6.35. The van der Waals surface area contributed by atoms with E-state index in [1.807, 2.05) is 49.4 Å². The molecule has 0 fully saturated rings. The molecule has 7 nitrogen and oxygen atoms in total. The van der Waals surface area contributed by atoms with Gasteiger partial charge >= 0.3 is 0 Å². The second kappa shape index (κ2) is 9.51. The van der Waals surface area contributed by atoms with Crippen molar-refractivity contribution in [2.24, 2.45) is 0 Å². The Morgan fingerprint density at radius 1 is 1.16 bits per heavy atom. The Morgan fingerprint density at radius 2 is 2.00 bits per heavy atom. The molecule has 0 saturated heterocycles. The summed E-state index contributed by atoms with van der Waals surface area (Å²) >= 11 is 0. The molecule has 2 heterocycles. The summed E-state index contributed by atoms with van der Waals surface area (Å²) in [5.74, 6) is 0.881. The van der Waals surface area contributed by atoms with E-state index >= 15 is 0 Å². The lowest BCUT2D eigenvalue weighted by Crippen LogP contribution is -2.32. The molecule has 164 valence electrons. The van der Waals surface area contributed by atoms with Gasteiger partial charge in [-0.1, -0.05) is 24.3 Å². The summed E-state index contributed by atoms with van der Waals surface area (Å²) in [5.41, 5.74) is 3.03. The molecule has 1 atom stereocenters. The molecule has 32 heavy (non-hydrogen) atoms. The average molecular weight is 431 g/mol. The summed E-state index contributed by atoms with van der Waals surface area (Å²) in [6, 6.07) is 16.1. The SMILES string of the molecule is CCOc1ccc([C@H](CC(=O)Nc2cccnc2)N2Cc3ccccc3C2=O)cc1OC. The Morgan fingerprint density at radius 3 is 2.72 bits per heavy atom. The molecule has 4 rings (SSSR count). The smallest absolute Gasteiger partial charge is 0.255 e. The summed E-state index contributed by atoms with van der Waals surface area (Å²) in [7, 11) is 1.57. The van der Waals surface area contributed by atoms with Crippen molar-refractivity contribution < 1.29 is 19.1 Å². The first-order chi connectivity index (χ1) is 15.6. The number of aromatic nitrogens is 1. The molecule has 0 saturated carbocycles. The van der Waals surface area contributed by atoms with E-state index in [1.54, 1.807) is 36.5 Å². The van der Waals surface area contributed by atoms with Crippen molar-refractivity contribution in [2.45, 2.75) is 25.9 Å². The Labute approximate surface area is 187 Å². The first kappa shape index (κ1) is 21.4. The summed E-state index contributed by atoms with van der Waals surface area (Å²) in [6.07, 6.45) is 3.32. The van der Waals surface area contributed by atoms with Crippen molar-refractivity contribution in [1.82, 2.24) is 9.88 Å². The van der Waals surface area contributed by atoms with Gasteiger partial charge in [0.05, 0.1) is 38.1 Å². The summed E-state index contributed by atoms with van der Waals surface area (Å²) in [5, 5.41) is 2.87. The second-order valence-corrected chi connectivity index (χ2v) is 7.44. The van der Waals surface area contributed by atoms with E-state index < -0.39 is 6.04 Å². The third-order valence-corrected chi connectivity index (χ3v) is 5.42. The Balaban J connectivity index is 1.66. The van der Waals surface area contributed by atoms with Gasteiger partial charge in [0.1, 0.15) is 0 Å². The summed E-state index contributed by atoms with van der Waals surface area (Å²) in [4.78, 5) is 31.9. The van der Waals surface area contributed by atoms with Crippen LogP contribution < -0.4 is 14.8 Å². The van der Waals surface area contributed by atoms with Gasteiger partial charge in [0.15, 0.2) is 11.5 Å². The maximum atomic E-state index is 13.2. The first-order valence-electron chi connectivity index (χ1n) is 10.5. The average Bonchev–Trinajstić information content (AvgIpc) is 3.15. The number of rotatable bonds is 8. The molecule has 1 aliphatic rings. The number of carbonyl (C=O) groups is 2. The van der Waals surface area contributed by atoms with Crippen LogP contribution in [0.1, 0.15) is 40.9 Å². The number of anilines is 1. The van der Waals surface area contributed by atoms with Crippen molar-refractivity contribution in [3.05, 3.63) is 83.7 Å². The predicted octanol–water partition coefficient (Wildman–Crippen LogP) is 4.21. The fourth-order valence-electron chi connectivity index (χ4n) is 3.93. The topological polar surface area (TPSA) is 80.8 Å². The van der Waals surface area contributed by atoms with Crippen LogP contribution >= 0.6 is 0 Å². The Hall–Kier alpha value is -3.87. The van der Waals surface area contributed by atoms with Gasteiger partial charge in [-0.25, -0.2) is 0 Å². The lowest BCUT2D eigenvalue weighted by atomic mass is 10.0. The third kappa shape index (κ3) is 4.42. The highest BCUT2D eigenvalue weighted by atomic mass is 16.5. The quantitative estimate of drug-likeness (QED) is 0.578. The van der Waals surface area contributed by atoms with Crippen molar-refractivity contribution in [2.75, 3.05) is 19.0 Å². The molecule has 0 unspecified atom stereocenters. The molecule has 0 bridgehead atoms. The zero-order chi connectivity index (χ0) is 22.5. The molecule has 1 aliphatic heterocycles. The van der Waals surface area contributed by atoms with E-state index in [2.05, 4.69) is 10.3 Å². The minimum atomic E-state index is -0.476. The van der Waals surface area contributed by atoms with Crippen LogP contribution in [0.3, 0.4) is 0 Å². The normalized spacial score (nSPS) is 13.4. The van der Waals surface area contributed by atoms with Crippen LogP contribution in [0.5, 0.6) is 11.5 Å². The molecule has 1 aromatic heterocycles. The zero-order valence-electron chi connectivity index (χ0n) is 18.1. The molecule has 1 N–H and O–H groups in total. The van der Waals surface area contributed by atoms with Crippen LogP contribution in [0.4, 0.5) is 5.69 Å². The molecule has 2 aromatic carbocycles. The van der Waals surface area contributed by atoms with Crippen molar-refractivity contribution in [3.8, 4) is 11.5 Å². The molecule has 0 aliphatic carbocycles. The molecule has 2 amide bonds. The van der Waals surface area contributed by atoms with Crippen LogP contribution in [0.2, 0.25) is 0 Å². The van der Waals surface area contributed by atoms with Gasteiger partial charge in [0, 0.05) is 18.3 Å². The highest BCUT2D eigenvalue weighted by Crippen LogP contribution is 2.37. The van der Waals surface area contributed by atoms with Crippen LogP contribution in [0, 0.1) is 0 Å². The highest BCUT2D eigenvalue weighted by Gasteiger charge is 2.34. The van der Waals surface area contributed by atoms with E-state index in [1.165, 1.54) is 0 Å². The minimum Gasteiger partial charge on any atom is -0.493 e. The number of ether oxygens (including phenoxy) is 2. The standard InChI is InChI=1S/C25H25N3O4/c1-3-32-22-11-10-17(13-23(22)31-2)21(14-24(29)27-19-8-6-12-26-15-19)28-16-18-7-4-5-9-20(18)25(28)30/h4-13,15,21H,3,14,16H2,1-2H3,(H,27,29)/t21-/m0/s1. The van der Waals surface area contributed by atoms with Gasteiger partial charge < -0.3 is 19.7 Å². The lowest BCUT2D eigenvalue weighted by molar-refractivity contribution is -0.117. The third-order valence-electron chi connectivity index (χ3n) is 5.42. The van der Waals surface area contributed by atoms with Gasteiger partial charge in [-0.2, -0.15) is 0 Å². The first-order valence-corrected chi connectivity index (χ1v) is 10.5. The van der Waals surface area contributed by atoms with E-state index in [9.17, 15) is 9.59 Å². The number of fused-ring (bicyclic) bond motifs is 1. The second-order valence-electron chi connectivity index (χ2n) is 7.44. The van der Waals surface area contributed by atoms with Gasteiger partial charge in [-0.15, -0.1) is 0 Å². The number of hydrogen-bond donors (Lipinski definition) is 1. The van der Waals surface area contributed by atoms with Crippen molar-refractivity contribution in [3.63, 3.8) is 0 Å². The number of benzene rings is 2. The van der Waals surface area contributed by atoms with Crippen LogP contribution in [-0.2, 0) is 11.3 Å². The zero-order valence-corrected chi connectivity index (χ0v) is 18.1. The van der Waals surface area contributed by atoms with Crippen LogP contribution in [-0.4, -0.2) is 35.4 Å². The number of amides is 2. The van der Waals surface area contributed by atoms with Gasteiger partial charge in [0.2, 0.25) is 5.91 Å². The maximum Gasteiger partial charge on any atom is 0.255 e. The maximum absolute atomic E-state index is 13.2. The molecule has 7 heteroatoms. The van der Waals surface area contributed by atoms with Crippen LogP contribution in [0.15, 0.2) is 67.0 Å². The Bertz CT molecular complexity index is 1120. The summed E-state index contributed by atoms with van der Waals surface area (Å²) < 4.78 is 11.1. The van der Waals surface area contributed by atoms with E-state index in [0.29, 0.717) is 35.9 Å². The lowest BCUT2D eigenvalue weighted by Gasteiger charge is -2.28. The van der Waals surface area contributed by atoms with Gasteiger partial charge in [-0.3, -0.25) is 14.6 Å². The molecule has 3 aromatic rings. The fourth-order valence-corrected chi connectivity index (χ4v) is 3.93. The molecule has 0 spiro atoms. The van der Waals surface area contributed by atoms with Gasteiger partial charge in [0.25, 0.3) is 5.91 Å². The molecular weight excluding hydrogens is 406 g/mol.